The molecule has 86 valence electrons. The quantitative estimate of drug-likeness (QED) is 0.643. The van der Waals surface area contributed by atoms with Gasteiger partial charge in [-0.2, -0.15) is 0 Å². The van der Waals surface area contributed by atoms with Crippen molar-refractivity contribution >= 4 is 11.0 Å². The number of para-hydroxylation sites is 1. The Morgan fingerprint density at radius 3 is 2.53 bits per heavy atom. The van der Waals surface area contributed by atoms with Gasteiger partial charge in [0, 0.05) is 10.9 Å². The van der Waals surface area contributed by atoms with E-state index in [0.29, 0.717) is 11.8 Å². The monoisotopic (exact) mass is 226 g/mol. The first-order valence-corrected chi connectivity index (χ1v) is 6.42. The lowest BCUT2D eigenvalue weighted by Gasteiger charge is -2.42. The molecule has 1 heterocycles. The fraction of sp³-hybridized carbons (Fsp3) is 0.400. The molecule has 0 saturated heterocycles. The van der Waals surface area contributed by atoms with E-state index in [-0.39, 0.29) is 5.63 Å². The molecule has 1 saturated carbocycles. The standard InChI is InChI=1S/C15H14O2/c16-15-14-10-6-2-1-5-9(10)13(14)11-7-3-4-8-12(11)17-15/h3-4,7-10H,1-2,5-6H2. The highest BCUT2D eigenvalue weighted by Gasteiger charge is 2.43. The predicted octanol–water partition coefficient (Wildman–Crippen LogP) is 3.55. The van der Waals surface area contributed by atoms with Crippen molar-refractivity contribution < 1.29 is 4.42 Å². The molecule has 1 fully saturated rings. The van der Waals surface area contributed by atoms with Gasteiger partial charge in [-0.3, -0.25) is 0 Å². The van der Waals surface area contributed by atoms with Gasteiger partial charge in [-0.25, -0.2) is 4.79 Å². The van der Waals surface area contributed by atoms with Crippen molar-refractivity contribution in [3.63, 3.8) is 0 Å². The smallest absolute Gasteiger partial charge is 0.340 e. The van der Waals surface area contributed by atoms with Gasteiger partial charge in [-0.1, -0.05) is 31.0 Å². The topological polar surface area (TPSA) is 30.2 Å². The second-order valence-corrected chi connectivity index (χ2v) is 5.21. The largest absolute Gasteiger partial charge is 0.423 e. The molecular formula is C15H14O2. The minimum absolute atomic E-state index is 0.0955. The third-order valence-corrected chi connectivity index (χ3v) is 4.40. The molecule has 1 aromatic heterocycles. The molecule has 4 rings (SSSR count). The van der Waals surface area contributed by atoms with Crippen LogP contribution in [0.15, 0.2) is 33.5 Å². The van der Waals surface area contributed by atoms with E-state index in [9.17, 15) is 4.79 Å². The van der Waals surface area contributed by atoms with Crippen LogP contribution in [0.3, 0.4) is 0 Å². The second-order valence-electron chi connectivity index (χ2n) is 5.21. The van der Waals surface area contributed by atoms with Crippen molar-refractivity contribution in [3.8, 4) is 0 Å². The second kappa shape index (κ2) is 3.22. The zero-order valence-electron chi connectivity index (χ0n) is 9.61. The summed E-state index contributed by atoms with van der Waals surface area (Å²) in [7, 11) is 0. The maximum Gasteiger partial charge on any atom is 0.340 e. The summed E-state index contributed by atoms with van der Waals surface area (Å²) in [4.78, 5) is 12.0. The zero-order chi connectivity index (χ0) is 11.4. The number of hydrogen-bond donors (Lipinski definition) is 0. The highest BCUT2D eigenvalue weighted by atomic mass is 16.4. The first-order valence-electron chi connectivity index (χ1n) is 6.42. The van der Waals surface area contributed by atoms with Gasteiger partial charge in [-0.15, -0.1) is 0 Å². The summed E-state index contributed by atoms with van der Waals surface area (Å²) >= 11 is 0. The van der Waals surface area contributed by atoms with Gasteiger partial charge in [0.2, 0.25) is 0 Å². The van der Waals surface area contributed by atoms with Crippen molar-refractivity contribution in [2.24, 2.45) is 0 Å². The lowest BCUT2D eigenvalue weighted by molar-refractivity contribution is 0.329. The average Bonchev–Trinajstić information content (AvgIpc) is 2.33. The lowest BCUT2D eigenvalue weighted by Crippen LogP contribution is -2.33. The summed E-state index contributed by atoms with van der Waals surface area (Å²) < 4.78 is 5.42. The third kappa shape index (κ3) is 1.13. The Kier molecular flexibility index (Phi) is 1.79. The first kappa shape index (κ1) is 9.46. The Labute approximate surface area is 99.3 Å². The van der Waals surface area contributed by atoms with Crippen LogP contribution >= 0.6 is 0 Å². The van der Waals surface area contributed by atoms with Gasteiger partial charge in [0.1, 0.15) is 5.58 Å². The van der Waals surface area contributed by atoms with Crippen LogP contribution in [0.1, 0.15) is 48.6 Å². The third-order valence-electron chi connectivity index (χ3n) is 4.40. The van der Waals surface area contributed by atoms with E-state index in [2.05, 4.69) is 6.07 Å². The predicted molar refractivity (Wildman–Crippen MR) is 66.4 cm³/mol. The molecular weight excluding hydrogens is 212 g/mol. The Balaban J connectivity index is 2.06. The van der Waals surface area contributed by atoms with Crippen LogP contribution in [0, 0.1) is 0 Å². The van der Waals surface area contributed by atoms with E-state index < -0.39 is 0 Å². The van der Waals surface area contributed by atoms with Crippen LogP contribution in [-0.2, 0) is 0 Å². The van der Waals surface area contributed by atoms with Gasteiger partial charge < -0.3 is 4.42 Å². The molecule has 2 aliphatic carbocycles. The number of hydrogen-bond acceptors (Lipinski definition) is 2. The molecule has 2 nitrogen and oxygen atoms in total. The summed E-state index contributed by atoms with van der Waals surface area (Å²) in [6.07, 6.45) is 4.97. The normalized spacial score (nSPS) is 26.1. The van der Waals surface area contributed by atoms with Crippen LogP contribution < -0.4 is 5.63 Å². The molecule has 0 N–H and O–H groups in total. The molecule has 2 aliphatic rings. The summed E-state index contributed by atoms with van der Waals surface area (Å²) in [5, 5.41) is 1.16. The molecule has 2 heteroatoms. The van der Waals surface area contributed by atoms with E-state index in [1.807, 2.05) is 18.2 Å². The highest BCUT2D eigenvalue weighted by molar-refractivity contribution is 5.84. The Morgan fingerprint density at radius 1 is 1.00 bits per heavy atom. The van der Waals surface area contributed by atoms with Gasteiger partial charge >= 0.3 is 5.63 Å². The molecule has 0 radical (unpaired) electrons. The minimum atomic E-state index is -0.0955. The SMILES string of the molecule is O=c1oc2ccccc2c2c1C1CCCCC21. The number of fused-ring (bicyclic) bond motifs is 6. The molecule has 1 aromatic carbocycles. The molecule has 17 heavy (non-hydrogen) atoms. The fourth-order valence-corrected chi connectivity index (χ4v) is 3.66. The summed E-state index contributed by atoms with van der Waals surface area (Å²) in [6.45, 7) is 0. The van der Waals surface area contributed by atoms with Crippen molar-refractivity contribution in [3.05, 3.63) is 45.8 Å². The van der Waals surface area contributed by atoms with E-state index in [4.69, 9.17) is 4.42 Å². The molecule has 2 aromatic rings. The summed E-state index contributed by atoms with van der Waals surface area (Å²) in [5.74, 6) is 1.10. The van der Waals surface area contributed by atoms with E-state index >= 15 is 0 Å². The van der Waals surface area contributed by atoms with Crippen molar-refractivity contribution in [2.45, 2.75) is 37.5 Å². The van der Waals surface area contributed by atoms with Gasteiger partial charge in [0.05, 0.1) is 0 Å². The van der Waals surface area contributed by atoms with Gasteiger partial charge in [-0.05, 0) is 36.3 Å². The van der Waals surface area contributed by atoms with Crippen molar-refractivity contribution in [1.29, 1.82) is 0 Å². The molecule has 0 bridgehead atoms. The van der Waals surface area contributed by atoms with Crippen LogP contribution in [0.2, 0.25) is 0 Å². The Hall–Kier alpha value is -1.57. The Morgan fingerprint density at radius 2 is 1.71 bits per heavy atom. The zero-order valence-corrected chi connectivity index (χ0v) is 9.61. The summed E-state index contributed by atoms with van der Waals surface area (Å²) in [6, 6.07) is 7.93. The fourth-order valence-electron chi connectivity index (χ4n) is 3.66. The van der Waals surface area contributed by atoms with E-state index in [1.165, 1.54) is 31.2 Å². The summed E-state index contributed by atoms with van der Waals surface area (Å²) in [5.41, 5.74) is 2.93. The van der Waals surface area contributed by atoms with Crippen molar-refractivity contribution in [2.75, 3.05) is 0 Å². The molecule has 0 spiro atoms. The van der Waals surface area contributed by atoms with Gasteiger partial charge in [0.15, 0.2) is 0 Å². The first-order chi connectivity index (χ1) is 8.36. The maximum atomic E-state index is 12.0. The van der Waals surface area contributed by atoms with Crippen LogP contribution in [0.5, 0.6) is 0 Å². The van der Waals surface area contributed by atoms with Gasteiger partial charge in [0.25, 0.3) is 0 Å². The maximum absolute atomic E-state index is 12.0. The molecule has 2 unspecified atom stereocenters. The molecule has 2 atom stereocenters. The average molecular weight is 226 g/mol. The molecule has 0 amide bonds. The minimum Gasteiger partial charge on any atom is -0.423 e. The molecule has 0 aliphatic heterocycles. The van der Waals surface area contributed by atoms with Crippen molar-refractivity contribution in [1.82, 2.24) is 0 Å². The number of benzene rings is 1. The van der Waals surface area contributed by atoms with E-state index in [0.717, 1.165) is 16.5 Å². The Bertz CT molecular complexity index is 654. The highest BCUT2D eigenvalue weighted by Crippen LogP contribution is 2.55. The van der Waals surface area contributed by atoms with Crippen LogP contribution in [0.25, 0.3) is 11.0 Å². The van der Waals surface area contributed by atoms with Crippen LogP contribution in [-0.4, -0.2) is 0 Å². The lowest BCUT2D eigenvalue weighted by atomic mass is 9.61. The number of rotatable bonds is 0. The van der Waals surface area contributed by atoms with E-state index in [1.54, 1.807) is 0 Å². The van der Waals surface area contributed by atoms with Crippen LogP contribution in [0.4, 0.5) is 0 Å².